The molecule has 21 heavy (non-hydrogen) atoms. The summed E-state index contributed by atoms with van der Waals surface area (Å²) in [4.78, 5) is 12.1. The molecule has 0 saturated carbocycles. The van der Waals surface area contributed by atoms with Gasteiger partial charge in [0.25, 0.3) is 0 Å². The second-order valence-corrected chi connectivity index (χ2v) is 5.61. The largest absolute Gasteiger partial charge is 0.486 e. The first-order valence-corrected chi connectivity index (χ1v) is 7.21. The van der Waals surface area contributed by atoms with Crippen LogP contribution < -0.4 is 20.1 Å². The van der Waals surface area contributed by atoms with E-state index in [2.05, 4.69) is 10.6 Å². The van der Waals surface area contributed by atoms with Gasteiger partial charge in [0.15, 0.2) is 11.5 Å². The van der Waals surface area contributed by atoms with E-state index < -0.39 is 0 Å². The lowest BCUT2D eigenvalue weighted by atomic mass is 9.93. The maximum Gasteiger partial charge on any atom is 0.319 e. The van der Waals surface area contributed by atoms with E-state index in [1.54, 1.807) is 18.2 Å². The Morgan fingerprint density at radius 1 is 1.10 bits per heavy atom. The summed E-state index contributed by atoms with van der Waals surface area (Å²) in [5.41, 5.74) is 0.475. The summed E-state index contributed by atoms with van der Waals surface area (Å²) in [6.45, 7) is 4.49. The van der Waals surface area contributed by atoms with Crippen LogP contribution in [0.3, 0.4) is 0 Å². The van der Waals surface area contributed by atoms with Crippen LogP contribution in [0.1, 0.15) is 19.8 Å². The van der Waals surface area contributed by atoms with E-state index in [1.807, 2.05) is 6.92 Å². The highest BCUT2D eigenvalue weighted by atomic mass is 16.6. The molecule has 1 saturated heterocycles. The van der Waals surface area contributed by atoms with Crippen molar-refractivity contribution >= 4 is 11.7 Å². The monoisotopic (exact) mass is 292 g/mol. The summed E-state index contributed by atoms with van der Waals surface area (Å²) in [5.74, 6) is 1.37. The molecule has 1 fully saturated rings. The van der Waals surface area contributed by atoms with E-state index in [0.717, 1.165) is 12.8 Å². The Balaban J connectivity index is 1.62. The maximum atomic E-state index is 12.1. The highest BCUT2D eigenvalue weighted by Crippen LogP contribution is 2.32. The quantitative estimate of drug-likeness (QED) is 0.876. The van der Waals surface area contributed by atoms with Crippen molar-refractivity contribution in [2.45, 2.75) is 25.3 Å². The van der Waals surface area contributed by atoms with Crippen LogP contribution in [0.4, 0.5) is 10.5 Å². The predicted molar refractivity (Wildman–Crippen MR) is 78.0 cm³/mol. The molecular weight excluding hydrogens is 272 g/mol. The number of ether oxygens (including phenoxy) is 3. The van der Waals surface area contributed by atoms with Crippen molar-refractivity contribution < 1.29 is 19.0 Å². The lowest BCUT2D eigenvalue weighted by Crippen LogP contribution is -2.51. The van der Waals surface area contributed by atoms with Crippen LogP contribution in [-0.2, 0) is 4.74 Å². The van der Waals surface area contributed by atoms with Gasteiger partial charge in [-0.1, -0.05) is 0 Å². The molecule has 1 aromatic rings. The number of carbonyl (C=O) groups is 1. The molecule has 0 radical (unpaired) electrons. The van der Waals surface area contributed by atoms with Crippen LogP contribution in [0.25, 0.3) is 0 Å². The topological polar surface area (TPSA) is 68.8 Å². The molecule has 0 bridgehead atoms. The van der Waals surface area contributed by atoms with Crippen molar-refractivity contribution in [3.05, 3.63) is 18.2 Å². The molecule has 2 aliphatic heterocycles. The molecule has 2 heterocycles. The number of benzene rings is 1. The standard InChI is InChI=1S/C15H20N2O4/c1-15(4-6-19-7-5-15)17-14(18)16-11-2-3-12-13(10-11)21-9-8-20-12/h2-3,10H,4-9H2,1H3,(H2,16,17,18). The van der Waals surface area contributed by atoms with E-state index in [9.17, 15) is 4.79 Å². The van der Waals surface area contributed by atoms with Gasteiger partial charge in [-0.2, -0.15) is 0 Å². The van der Waals surface area contributed by atoms with Gasteiger partial charge in [-0.15, -0.1) is 0 Å². The first-order chi connectivity index (χ1) is 10.1. The van der Waals surface area contributed by atoms with Crippen molar-refractivity contribution in [1.29, 1.82) is 0 Å². The third-order valence-corrected chi connectivity index (χ3v) is 3.81. The highest BCUT2D eigenvalue weighted by Gasteiger charge is 2.29. The molecule has 0 atom stereocenters. The van der Waals surface area contributed by atoms with Crippen LogP contribution in [0.5, 0.6) is 11.5 Å². The summed E-state index contributed by atoms with van der Waals surface area (Å²) < 4.78 is 16.3. The Kier molecular flexibility index (Phi) is 3.88. The zero-order valence-electron chi connectivity index (χ0n) is 12.1. The Labute approximate surface area is 123 Å². The Bertz CT molecular complexity index is 526. The van der Waals surface area contributed by atoms with Gasteiger partial charge < -0.3 is 24.8 Å². The lowest BCUT2D eigenvalue weighted by molar-refractivity contribution is 0.0500. The molecular formula is C15H20N2O4. The lowest BCUT2D eigenvalue weighted by Gasteiger charge is -2.34. The van der Waals surface area contributed by atoms with E-state index >= 15 is 0 Å². The molecule has 0 spiro atoms. The van der Waals surface area contributed by atoms with Crippen molar-refractivity contribution in [2.75, 3.05) is 31.7 Å². The minimum atomic E-state index is -0.212. The van der Waals surface area contributed by atoms with Crippen molar-refractivity contribution in [1.82, 2.24) is 5.32 Å². The minimum Gasteiger partial charge on any atom is -0.486 e. The minimum absolute atomic E-state index is 0.212. The van der Waals surface area contributed by atoms with Crippen LogP contribution in [0.2, 0.25) is 0 Å². The first kappa shape index (κ1) is 14.0. The highest BCUT2D eigenvalue weighted by molar-refractivity contribution is 5.90. The van der Waals surface area contributed by atoms with Crippen molar-refractivity contribution in [2.24, 2.45) is 0 Å². The number of urea groups is 1. The predicted octanol–water partition coefficient (Wildman–Crippen LogP) is 2.15. The summed E-state index contributed by atoms with van der Waals surface area (Å²) in [6, 6.07) is 5.18. The summed E-state index contributed by atoms with van der Waals surface area (Å²) >= 11 is 0. The van der Waals surface area contributed by atoms with E-state index in [1.165, 1.54) is 0 Å². The van der Waals surface area contributed by atoms with E-state index in [0.29, 0.717) is 43.6 Å². The number of hydrogen-bond donors (Lipinski definition) is 2. The summed E-state index contributed by atoms with van der Waals surface area (Å²) in [7, 11) is 0. The zero-order chi connectivity index (χ0) is 14.7. The number of carbonyl (C=O) groups excluding carboxylic acids is 1. The van der Waals surface area contributed by atoms with Gasteiger partial charge in [-0.05, 0) is 31.9 Å². The van der Waals surface area contributed by atoms with E-state index in [4.69, 9.17) is 14.2 Å². The second kappa shape index (κ2) is 5.81. The average Bonchev–Trinajstić information content (AvgIpc) is 2.47. The molecule has 6 heteroatoms. The third-order valence-electron chi connectivity index (χ3n) is 3.81. The number of rotatable bonds is 2. The van der Waals surface area contributed by atoms with Gasteiger partial charge in [-0.25, -0.2) is 4.79 Å². The molecule has 1 aromatic carbocycles. The zero-order valence-corrected chi connectivity index (χ0v) is 12.1. The van der Waals surface area contributed by atoms with Crippen LogP contribution >= 0.6 is 0 Å². The molecule has 3 rings (SSSR count). The van der Waals surface area contributed by atoms with Crippen molar-refractivity contribution in [3.63, 3.8) is 0 Å². The Morgan fingerprint density at radius 2 is 1.81 bits per heavy atom. The van der Waals surface area contributed by atoms with E-state index in [-0.39, 0.29) is 11.6 Å². The molecule has 6 nitrogen and oxygen atoms in total. The smallest absolute Gasteiger partial charge is 0.319 e. The van der Waals surface area contributed by atoms with Gasteiger partial charge in [0.1, 0.15) is 13.2 Å². The van der Waals surface area contributed by atoms with Crippen LogP contribution in [0.15, 0.2) is 18.2 Å². The van der Waals surface area contributed by atoms with Gasteiger partial charge in [0, 0.05) is 30.5 Å². The summed E-state index contributed by atoms with van der Waals surface area (Å²) in [5, 5.41) is 5.86. The number of fused-ring (bicyclic) bond motifs is 1. The number of anilines is 1. The SMILES string of the molecule is CC1(NC(=O)Nc2ccc3c(c2)OCCO3)CCOCC1. The van der Waals surface area contributed by atoms with Gasteiger partial charge in [0.2, 0.25) is 0 Å². The average molecular weight is 292 g/mol. The molecule has 2 amide bonds. The van der Waals surface area contributed by atoms with Crippen LogP contribution in [0, 0.1) is 0 Å². The number of hydrogen-bond acceptors (Lipinski definition) is 4. The molecule has 2 N–H and O–H groups in total. The number of amides is 2. The number of nitrogens with one attached hydrogen (secondary N) is 2. The van der Waals surface area contributed by atoms with Gasteiger partial charge >= 0.3 is 6.03 Å². The molecule has 0 aliphatic carbocycles. The Morgan fingerprint density at radius 3 is 2.57 bits per heavy atom. The fraction of sp³-hybridized carbons (Fsp3) is 0.533. The fourth-order valence-electron chi connectivity index (χ4n) is 2.50. The molecule has 0 unspecified atom stereocenters. The third kappa shape index (κ3) is 3.39. The summed E-state index contributed by atoms with van der Waals surface area (Å²) in [6.07, 6.45) is 1.64. The first-order valence-electron chi connectivity index (χ1n) is 7.21. The molecule has 0 aromatic heterocycles. The maximum absolute atomic E-state index is 12.1. The Hall–Kier alpha value is -1.95. The molecule has 2 aliphatic rings. The normalized spacial score (nSPS) is 19.7. The van der Waals surface area contributed by atoms with Crippen molar-refractivity contribution in [3.8, 4) is 11.5 Å². The molecule has 114 valence electrons. The van der Waals surface area contributed by atoms with Crippen LogP contribution in [-0.4, -0.2) is 38.0 Å². The second-order valence-electron chi connectivity index (χ2n) is 5.61. The fourth-order valence-corrected chi connectivity index (χ4v) is 2.50. The van der Waals surface area contributed by atoms with Gasteiger partial charge in [-0.3, -0.25) is 0 Å². The van der Waals surface area contributed by atoms with Gasteiger partial charge in [0.05, 0.1) is 0 Å².